The number of benzene rings is 1. The topological polar surface area (TPSA) is 32.3 Å². The van der Waals surface area contributed by atoms with Gasteiger partial charge in [-0.2, -0.15) is 0 Å². The van der Waals surface area contributed by atoms with Gasteiger partial charge < -0.3 is 10.2 Å². The van der Waals surface area contributed by atoms with Crippen molar-refractivity contribution in [3.8, 4) is 0 Å². The number of carbonyl (C=O) groups is 1. The Hall–Kier alpha value is -1.51. The van der Waals surface area contributed by atoms with Crippen LogP contribution in [-0.4, -0.2) is 24.0 Å². The van der Waals surface area contributed by atoms with E-state index in [4.69, 9.17) is 0 Å². The van der Waals surface area contributed by atoms with Crippen molar-refractivity contribution in [3.63, 3.8) is 0 Å². The minimum absolute atomic E-state index is 0.0516. The molecule has 1 N–H and O–H groups in total. The molecule has 0 bridgehead atoms. The molecule has 1 aromatic carbocycles. The molecule has 2 atom stereocenters. The largest absolute Gasteiger partial charge is 0.324 e. The van der Waals surface area contributed by atoms with Crippen LogP contribution < -0.4 is 5.32 Å². The van der Waals surface area contributed by atoms with Crippen LogP contribution in [-0.2, 0) is 5.41 Å². The SMILES string of the molecule is CC(C)(C)c1ccc(NC(=O)N2CC3CC3C2)cc1. The fourth-order valence-electron chi connectivity index (χ4n) is 2.82. The molecule has 0 spiro atoms. The van der Waals surface area contributed by atoms with Crippen LogP contribution in [0.5, 0.6) is 0 Å². The Kier molecular flexibility index (Phi) is 2.80. The summed E-state index contributed by atoms with van der Waals surface area (Å²) in [6.07, 6.45) is 1.32. The van der Waals surface area contributed by atoms with E-state index in [1.165, 1.54) is 12.0 Å². The summed E-state index contributed by atoms with van der Waals surface area (Å²) in [4.78, 5) is 14.0. The molecule has 1 saturated carbocycles. The van der Waals surface area contributed by atoms with Gasteiger partial charge in [-0.1, -0.05) is 32.9 Å². The van der Waals surface area contributed by atoms with Gasteiger partial charge in [-0.25, -0.2) is 4.79 Å². The number of nitrogens with one attached hydrogen (secondary N) is 1. The first-order valence-corrected chi connectivity index (χ1v) is 7.10. The van der Waals surface area contributed by atoms with Crippen LogP contribution in [0, 0.1) is 11.8 Å². The number of piperidine rings is 1. The fraction of sp³-hybridized carbons (Fsp3) is 0.562. The Morgan fingerprint density at radius 3 is 2.26 bits per heavy atom. The zero-order valence-electron chi connectivity index (χ0n) is 11.9. The minimum atomic E-state index is 0.0516. The van der Waals surface area contributed by atoms with E-state index in [1.54, 1.807) is 0 Å². The molecule has 3 heteroatoms. The Morgan fingerprint density at radius 1 is 1.16 bits per heavy atom. The Bertz CT molecular complexity index is 476. The number of urea groups is 1. The van der Waals surface area contributed by atoms with Gasteiger partial charge in [0.15, 0.2) is 0 Å². The third kappa shape index (κ3) is 2.60. The molecule has 3 rings (SSSR count). The number of hydrogen-bond donors (Lipinski definition) is 1. The van der Waals surface area contributed by atoms with E-state index in [1.807, 2.05) is 17.0 Å². The van der Waals surface area contributed by atoms with Crippen molar-refractivity contribution in [2.75, 3.05) is 18.4 Å². The molecule has 102 valence electrons. The average Bonchev–Trinajstić information content (AvgIpc) is 2.95. The first kappa shape index (κ1) is 12.5. The van der Waals surface area contributed by atoms with E-state index in [9.17, 15) is 4.79 Å². The Labute approximate surface area is 115 Å². The summed E-state index contributed by atoms with van der Waals surface area (Å²) < 4.78 is 0. The monoisotopic (exact) mass is 258 g/mol. The molecule has 1 heterocycles. The summed E-state index contributed by atoms with van der Waals surface area (Å²) in [7, 11) is 0. The molecule has 1 aromatic rings. The van der Waals surface area contributed by atoms with Crippen molar-refractivity contribution >= 4 is 11.7 Å². The van der Waals surface area contributed by atoms with E-state index < -0.39 is 0 Å². The smallest absolute Gasteiger partial charge is 0.321 e. The number of likely N-dealkylation sites (tertiary alicyclic amines) is 1. The van der Waals surface area contributed by atoms with E-state index in [2.05, 4.69) is 38.2 Å². The molecular weight excluding hydrogens is 236 g/mol. The van der Waals surface area contributed by atoms with Gasteiger partial charge in [0.2, 0.25) is 0 Å². The molecule has 19 heavy (non-hydrogen) atoms. The molecule has 2 fully saturated rings. The summed E-state index contributed by atoms with van der Waals surface area (Å²) in [5.41, 5.74) is 2.32. The van der Waals surface area contributed by atoms with E-state index >= 15 is 0 Å². The summed E-state index contributed by atoms with van der Waals surface area (Å²) in [6.45, 7) is 8.46. The van der Waals surface area contributed by atoms with Crippen LogP contribution in [0.2, 0.25) is 0 Å². The molecule has 0 radical (unpaired) electrons. The van der Waals surface area contributed by atoms with Crippen LogP contribution in [0.25, 0.3) is 0 Å². The highest BCUT2D eigenvalue weighted by Gasteiger charge is 2.46. The predicted octanol–water partition coefficient (Wildman–Crippen LogP) is 3.47. The van der Waals surface area contributed by atoms with Gasteiger partial charge in [0.1, 0.15) is 0 Å². The standard InChI is InChI=1S/C16H22N2O/c1-16(2,3)13-4-6-14(7-5-13)17-15(19)18-9-11-8-12(11)10-18/h4-7,11-12H,8-10H2,1-3H3,(H,17,19). The maximum atomic E-state index is 12.1. The number of amides is 2. The molecule has 1 aliphatic carbocycles. The van der Waals surface area contributed by atoms with E-state index in [0.717, 1.165) is 30.6 Å². The normalized spacial score (nSPS) is 25.1. The maximum absolute atomic E-state index is 12.1. The highest BCUT2D eigenvalue weighted by molar-refractivity contribution is 5.89. The zero-order valence-corrected chi connectivity index (χ0v) is 11.9. The second-order valence-electron chi connectivity index (χ2n) is 6.92. The molecule has 3 nitrogen and oxygen atoms in total. The minimum Gasteiger partial charge on any atom is -0.324 e. The quantitative estimate of drug-likeness (QED) is 0.822. The second kappa shape index (κ2) is 4.26. The van der Waals surface area contributed by atoms with Gasteiger partial charge in [-0.15, -0.1) is 0 Å². The van der Waals surface area contributed by atoms with Crippen molar-refractivity contribution in [1.82, 2.24) is 4.90 Å². The second-order valence-corrected chi connectivity index (χ2v) is 6.92. The number of fused-ring (bicyclic) bond motifs is 1. The van der Waals surface area contributed by atoms with Gasteiger partial charge >= 0.3 is 6.03 Å². The third-order valence-electron chi connectivity index (χ3n) is 4.27. The third-order valence-corrected chi connectivity index (χ3v) is 4.27. The number of anilines is 1. The Morgan fingerprint density at radius 2 is 1.74 bits per heavy atom. The predicted molar refractivity (Wildman–Crippen MR) is 77.3 cm³/mol. The van der Waals surface area contributed by atoms with Gasteiger partial charge in [-0.05, 0) is 41.4 Å². The average molecular weight is 258 g/mol. The number of carbonyl (C=O) groups excluding carboxylic acids is 1. The summed E-state index contributed by atoms with van der Waals surface area (Å²) in [5, 5.41) is 2.99. The van der Waals surface area contributed by atoms with Gasteiger partial charge in [0.05, 0.1) is 0 Å². The van der Waals surface area contributed by atoms with E-state index in [-0.39, 0.29) is 11.4 Å². The van der Waals surface area contributed by atoms with Crippen molar-refractivity contribution in [3.05, 3.63) is 29.8 Å². The lowest BCUT2D eigenvalue weighted by Gasteiger charge is -2.21. The number of nitrogens with zero attached hydrogens (tertiary/aromatic N) is 1. The van der Waals surface area contributed by atoms with Crippen molar-refractivity contribution in [2.24, 2.45) is 11.8 Å². The van der Waals surface area contributed by atoms with Crippen LogP contribution in [0.3, 0.4) is 0 Å². The highest BCUT2D eigenvalue weighted by atomic mass is 16.2. The lowest BCUT2D eigenvalue weighted by Crippen LogP contribution is -2.34. The van der Waals surface area contributed by atoms with Crippen LogP contribution >= 0.6 is 0 Å². The summed E-state index contributed by atoms with van der Waals surface area (Å²) in [6, 6.07) is 8.23. The van der Waals surface area contributed by atoms with Crippen LogP contribution in [0.4, 0.5) is 10.5 Å². The maximum Gasteiger partial charge on any atom is 0.321 e. The molecule has 2 unspecified atom stereocenters. The molecular formula is C16H22N2O. The number of hydrogen-bond acceptors (Lipinski definition) is 1. The first-order valence-electron chi connectivity index (χ1n) is 7.10. The molecule has 1 aliphatic heterocycles. The van der Waals surface area contributed by atoms with Gasteiger partial charge in [-0.3, -0.25) is 0 Å². The fourth-order valence-corrected chi connectivity index (χ4v) is 2.82. The van der Waals surface area contributed by atoms with Gasteiger partial charge in [0.25, 0.3) is 0 Å². The number of rotatable bonds is 1. The Balaban J connectivity index is 1.62. The lowest BCUT2D eigenvalue weighted by molar-refractivity contribution is 0.217. The molecule has 2 aliphatic rings. The van der Waals surface area contributed by atoms with Crippen LogP contribution in [0.15, 0.2) is 24.3 Å². The van der Waals surface area contributed by atoms with Gasteiger partial charge in [0, 0.05) is 18.8 Å². The van der Waals surface area contributed by atoms with E-state index in [0.29, 0.717) is 0 Å². The summed E-state index contributed by atoms with van der Waals surface area (Å²) >= 11 is 0. The van der Waals surface area contributed by atoms with Crippen molar-refractivity contribution < 1.29 is 4.79 Å². The summed E-state index contributed by atoms with van der Waals surface area (Å²) in [5.74, 6) is 1.57. The van der Waals surface area contributed by atoms with Crippen LogP contribution in [0.1, 0.15) is 32.8 Å². The molecule has 1 saturated heterocycles. The molecule has 0 aromatic heterocycles. The highest BCUT2D eigenvalue weighted by Crippen LogP contribution is 2.44. The first-order chi connectivity index (χ1) is 8.93. The molecule has 2 amide bonds. The lowest BCUT2D eigenvalue weighted by atomic mass is 9.87. The zero-order chi connectivity index (χ0) is 13.6. The van der Waals surface area contributed by atoms with Crippen molar-refractivity contribution in [2.45, 2.75) is 32.6 Å². The van der Waals surface area contributed by atoms with Crippen molar-refractivity contribution in [1.29, 1.82) is 0 Å².